The molecule has 2 aromatic heterocycles. The Balaban J connectivity index is 2.06. The van der Waals surface area contributed by atoms with Gasteiger partial charge >= 0.3 is 0 Å². The van der Waals surface area contributed by atoms with Gasteiger partial charge < -0.3 is 10.3 Å². The highest BCUT2D eigenvalue weighted by atomic mass is 32.2. The van der Waals surface area contributed by atoms with Crippen molar-refractivity contribution in [3.8, 4) is 0 Å². The van der Waals surface area contributed by atoms with Crippen molar-refractivity contribution in [1.29, 1.82) is 0 Å². The molecule has 6 nitrogen and oxygen atoms in total. The zero-order valence-electron chi connectivity index (χ0n) is 9.75. The molecule has 0 amide bonds. The third-order valence-electron chi connectivity index (χ3n) is 2.02. The molecule has 0 unspecified atom stereocenters. The van der Waals surface area contributed by atoms with Gasteiger partial charge in [-0.15, -0.1) is 10.2 Å². The van der Waals surface area contributed by atoms with Crippen molar-refractivity contribution in [3.63, 3.8) is 0 Å². The van der Waals surface area contributed by atoms with Gasteiger partial charge in [-0.05, 0) is 6.92 Å². The minimum Gasteiger partial charge on any atom is -0.374 e. The topological polar surface area (TPSA) is 90.7 Å². The summed E-state index contributed by atoms with van der Waals surface area (Å²) in [5, 5.41) is 12.1. The molecule has 1 atom stereocenters. The van der Waals surface area contributed by atoms with E-state index >= 15 is 0 Å². The van der Waals surface area contributed by atoms with E-state index in [-0.39, 0.29) is 11.2 Å². The minimum atomic E-state index is 0.0438. The Labute approximate surface area is 107 Å². The number of thioether (sulfide) groups is 1. The van der Waals surface area contributed by atoms with Gasteiger partial charge in [-0.25, -0.2) is 0 Å². The van der Waals surface area contributed by atoms with E-state index in [1.54, 1.807) is 0 Å². The fourth-order valence-corrected chi connectivity index (χ4v) is 2.93. The van der Waals surface area contributed by atoms with Crippen molar-refractivity contribution < 1.29 is 4.52 Å². The summed E-state index contributed by atoms with van der Waals surface area (Å²) in [6.07, 6.45) is 0. The van der Waals surface area contributed by atoms with Crippen LogP contribution in [0.15, 0.2) is 8.86 Å². The Morgan fingerprint density at radius 2 is 2.06 bits per heavy atom. The van der Waals surface area contributed by atoms with E-state index in [1.165, 1.54) is 23.1 Å². The van der Waals surface area contributed by atoms with Crippen LogP contribution in [0, 0.1) is 0 Å². The van der Waals surface area contributed by atoms with Crippen molar-refractivity contribution in [2.75, 3.05) is 5.73 Å². The lowest BCUT2D eigenvalue weighted by Gasteiger charge is -2.01. The number of anilines is 1. The number of aromatic nitrogens is 4. The van der Waals surface area contributed by atoms with Gasteiger partial charge in [0, 0.05) is 5.92 Å². The molecule has 17 heavy (non-hydrogen) atoms. The zero-order valence-corrected chi connectivity index (χ0v) is 11.4. The summed E-state index contributed by atoms with van der Waals surface area (Å²) in [6.45, 7) is 6.04. The third kappa shape index (κ3) is 2.95. The predicted molar refractivity (Wildman–Crippen MR) is 67.0 cm³/mol. The van der Waals surface area contributed by atoms with Gasteiger partial charge in [-0.1, -0.05) is 42.1 Å². The van der Waals surface area contributed by atoms with Crippen molar-refractivity contribution in [3.05, 3.63) is 11.7 Å². The standard InChI is InChI=1S/C9H13N5OS2/c1-4(2)6-11-7(15-14-6)5(3)16-9-13-12-8(10)17-9/h4-5H,1-3H3,(H2,10,12)/t5-/m1/s1. The first-order chi connectivity index (χ1) is 8.06. The van der Waals surface area contributed by atoms with Crippen molar-refractivity contribution in [2.45, 2.75) is 36.3 Å². The second kappa shape index (κ2) is 5.01. The van der Waals surface area contributed by atoms with Crippen LogP contribution in [0.3, 0.4) is 0 Å². The number of nitrogens with zero attached hydrogens (tertiary/aromatic N) is 4. The lowest BCUT2D eigenvalue weighted by Crippen LogP contribution is -1.92. The molecular weight excluding hydrogens is 258 g/mol. The molecule has 0 radical (unpaired) electrons. The van der Waals surface area contributed by atoms with Gasteiger partial charge in [0.1, 0.15) is 0 Å². The van der Waals surface area contributed by atoms with E-state index in [1.807, 2.05) is 20.8 Å². The van der Waals surface area contributed by atoms with E-state index in [2.05, 4.69) is 20.3 Å². The van der Waals surface area contributed by atoms with Crippen LogP contribution in [-0.2, 0) is 0 Å². The predicted octanol–water partition coefficient (Wildman–Crippen LogP) is 2.48. The maximum Gasteiger partial charge on any atom is 0.239 e. The highest BCUT2D eigenvalue weighted by Gasteiger charge is 2.18. The average Bonchev–Trinajstić information content (AvgIpc) is 2.86. The molecule has 8 heteroatoms. The number of nitrogens with two attached hydrogens (primary N) is 1. The lowest BCUT2D eigenvalue weighted by atomic mass is 10.2. The third-order valence-corrected chi connectivity index (χ3v) is 3.95. The van der Waals surface area contributed by atoms with Crippen LogP contribution in [0.2, 0.25) is 0 Å². The normalized spacial score (nSPS) is 13.2. The van der Waals surface area contributed by atoms with E-state index in [0.717, 1.165) is 10.2 Å². The molecule has 0 aromatic carbocycles. The van der Waals surface area contributed by atoms with Crippen LogP contribution >= 0.6 is 23.1 Å². The fourth-order valence-electron chi connectivity index (χ4n) is 1.12. The molecule has 0 saturated heterocycles. The summed E-state index contributed by atoms with van der Waals surface area (Å²) in [5.41, 5.74) is 5.52. The monoisotopic (exact) mass is 271 g/mol. The van der Waals surface area contributed by atoms with Crippen molar-refractivity contribution in [2.24, 2.45) is 0 Å². The van der Waals surface area contributed by atoms with Crippen LogP contribution in [0.5, 0.6) is 0 Å². The summed E-state index contributed by atoms with van der Waals surface area (Å²) < 4.78 is 6.01. The van der Waals surface area contributed by atoms with Gasteiger partial charge in [-0.2, -0.15) is 4.98 Å². The maximum absolute atomic E-state index is 5.52. The molecule has 2 N–H and O–H groups in total. The SMILES string of the molecule is CC(C)c1noc([C@@H](C)Sc2nnc(N)s2)n1. The van der Waals surface area contributed by atoms with Crippen LogP contribution in [0.25, 0.3) is 0 Å². The second-order valence-electron chi connectivity index (χ2n) is 3.81. The summed E-state index contributed by atoms with van der Waals surface area (Å²) in [6, 6.07) is 0. The molecule has 0 spiro atoms. The van der Waals surface area contributed by atoms with Gasteiger partial charge in [0.25, 0.3) is 0 Å². The van der Waals surface area contributed by atoms with Crippen LogP contribution in [0.1, 0.15) is 43.7 Å². The van der Waals surface area contributed by atoms with Gasteiger partial charge in [0.15, 0.2) is 10.2 Å². The Kier molecular flexibility index (Phi) is 3.63. The van der Waals surface area contributed by atoms with Gasteiger partial charge in [-0.3, -0.25) is 0 Å². The number of hydrogen-bond donors (Lipinski definition) is 1. The van der Waals surface area contributed by atoms with Crippen molar-refractivity contribution >= 4 is 28.2 Å². The average molecular weight is 271 g/mol. The number of hydrogen-bond acceptors (Lipinski definition) is 8. The molecule has 2 aromatic rings. The first-order valence-corrected chi connectivity index (χ1v) is 6.85. The maximum atomic E-state index is 5.52. The Hall–Kier alpha value is -1.15. The van der Waals surface area contributed by atoms with Crippen LogP contribution in [0.4, 0.5) is 5.13 Å². The molecular formula is C9H13N5OS2. The second-order valence-corrected chi connectivity index (χ2v) is 6.41. The molecule has 2 rings (SSSR count). The first kappa shape index (κ1) is 12.3. The smallest absolute Gasteiger partial charge is 0.239 e. The van der Waals surface area contributed by atoms with Crippen LogP contribution < -0.4 is 5.73 Å². The Morgan fingerprint density at radius 1 is 1.29 bits per heavy atom. The minimum absolute atomic E-state index is 0.0438. The molecule has 92 valence electrons. The molecule has 0 aliphatic heterocycles. The Morgan fingerprint density at radius 3 is 2.59 bits per heavy atom. The zero-order chi connectivity index (χ0) is 12.4. The quantitative estimate of drug-likeness (QED) is 0.854. The molecule has 0 aliphatic rings. The highest BCUT2D eigenvalue weighted by molar-refractivity contribution is 8.01. The fraction of sp³-hybridized carbons (Fsp3) is 0.556. The molecule has 0 bridgehead atoms. The van der Waals surface area contributed by atoms with E-state index in [4.69, 9.17) is 10.3 Å². The Bertz CT molecular complexity index is 495. The summed E-state index contributed by atoms with van der Waals surface area (Å²) >= 11 is 2.86. The molecule has 0 fully saturated rings. The molecule has 0 aliphatic carbocycles. The number of rotatable bonds is 4. The first-order valence-electron chi connectivity index (χ1n) is 5.15. The summed E-state index contributed by atoms with van der Waals surface area (Å²) in [4.78, 5) is 4.34. The van der Waals surface area contributed by atoms with E-state index in [0.29, 0.717) is 11.0 Å². The number of nitrogen functional groups attached to an aromatic ring is 1. The molecule has 2 heterocycles. The van der Waals surface area contributed by atoms with E-state index in [9.17, 15) is 0 Å². The molecule has 0 saturated carbocycles. The van der Waals surface area contributed by atoms with Crippen molar-refractivity contribution in [1.82, 2.24) is 20.3 Å². The van der Waals surface area contributed by atoms with Gasteiger partial charge in [0.2, 0.25) is 11.0 Å². The lowest BCUT2D eigenvalue weighted by molar-refractivity contribution is 0.373. The van der Waals surface area contributed by atoms with Gasteiger partial charge in [0.05, 0.1) is 5.25 Å². The van der Waals surface area contributed by atoms with Crippen LogP contribution in [-0.4, -0.2) is 20.3 Å². The largest absolute Gasteiger partial charge is 0.374 e. The van der Waals surface area contributed by atoms with E-state index < -0.39 is 0 Å². The highest BCUT2D eigenvalue weighted by Crippen LogP contribution is 2.36. The summed E-state index contributed by atoms with van der Waals surface area (Å²) in [7, 11) is 0. The summed E-state index contributed by atoms with van der Waals surface area (Å²) in [5.74, 6) is 1.60.